The molecule has 3 aromatic rings. The van der Waals surface area contributed by atoms with Gasteiger partial charge in [0.05, 0.1) is 22.6 Å². The van der Waals surface area contributed by atoms with Gasteiger partial charge in [-0.05, 0) is 29.6 Å². The Morgan fingerprint density at radius 2 is 2.04 bits per heavy atom. The van der Waals surface area contributed by atoms with Gasteiger partial charge < -0.3 is 10.4 Å². The summed E-state index contributed by atoms with van der Waals surface area (Å²) in [5.41, 5.74) is 0.0124. The number of rotatable bonds is 5. The minimum absolute atomic E-state index is 0.199. The predicted octanol–water partition coefficient (Wildman–Crippen LogP) is 5.26. The van der Waals surface area contributed by atoms with E-state index in [1.165, 1.54) is 23.5 Å². The van der Waals surface area contributed by atoms with Gasteiger partial charge in [-0.1, -0.05) is 12.1 Å². The van der Waals surface area contributed by atoms with Gasteiger partial charge in [-0.25, -0.2) is 4.98 Å². The lowest BCUT2D eigenvalue weighted by Gasteiger charge is -2.08. The first-order chi connectivity index (χ1) is 11.8. The summed E-state index contributed by atoms with van der Waals surface area (Å²) >= 11 is 2.53. The van der Waals surface area contributed by atoms with Crippen LogP contribution in [0.3, 0.4) is 0 Å². The first-order valence-corrected chi connectivity index (χ1v) is 8.72. The number of halogens is 3. The number of nitrogens with one attached hydrogen (secondary N) is 1. The van der Waals surface area contributed by atoms with E-state index in [0.717, 1.165) is 28.3 Å². The van der Waals surface area contributed by atoms with E-state index < -0.39 is 17.7 Å². The topological polar surface area (TPSA) is 62.2 Å². The maximum absolute atomic E-state index is 12.8. The Bertz CT molecular complexity index is 889. The van der Waals surface area contributed by atoms with Crippen LogP contribution in [0.4, 0.5) is 24.0 Å². The third-order valence-corrected chi connectivity index (χ3v) is 5.05. The first kappa shape index (κ1) is 17.4. The second kappa shape index (κ2) is 6.85. The molecule has 0 saturated heterocycles. The predicted molar refractivity (Wildman–Crippen MR) is 91.5 cm³/mol. The summed E-state index contributed by atoms with van der Waals surface area (Å²) in [6, 6.07) is 8.42. The third kappa shape index (κ3) is 4.18. The van der Waals surface area contributed by atoms with Gasteiger partial charge in [0.25, 0.3) is 0 Å². The van der Waals surface area contributed by atoms with E-state index in [1.807, 2.05) is 17.5 Å². The van der Waals surface area contributed by atoms with Gasteiger partial charge in [0.1, 0.15) is 0 Å². The summed E-state index contributed by atoms with van der Waals surface area (Å²) in [5, 5.41) is 14.1. The number of nitrogens with zero attached hydrogens (tertiary/aromatic N) is 1. The molecule has 0 unspecified atom stereocenters. The first-order valence-electron chi connectivity index (χ1n) is 7.02. The second-order valence-corrected chi connectivity index (χ2v) is 7.07. The van der Waals surface area contributed by atoms with E-state index in [4.69, 9.17) is 5.11 Å². The van der Waals surface area contributed by atoms with E-state index >= 15 is 0 Å². The minimum Gasteiger partial charge on any atom is -0.481 e. The van der Waals surface area contributed by atoms with E-state index in [1.54, 1.807) is 0 Å². The molecule has 2 N–H and O–H groups in total. The standard InChI is InChI=1S/C16H11F3N2O2S2/c17-16(18,19)9-3-1-4-10(7-9)20-15-21-14(11-5-2-6-24-11)12(25-15)8-13(22)23/h1-7H,8H2,(H,20,21)(H,22,23). The number of thiazole rings is 1. The summed E-state index contributed by atoms with van der Waals surface area (Å²) in [6.07, 6.45) is -4.63. The number of carbonyl (C=O) groups is 1. The highest BCUT2D eigenvalue weighted by molar-refractivity contribution is 7.17. The number of aromatic nitrogens is 1. The van der Waals surface area contributed by atoms with Gasteiger partial charge in [-0.15, -0.1) is 22.7 Å². The summed E-state index contributed by atoms with van der Waals surface area (Å²) in [5.74, 6) is -0.993. The Kier molecular flexibility index (Phi) is 4.78. The number of aliphatic carboxylic acids is 1. The summed E-state index contributed by atoms with van der Waals surface area (Å²) in [4.78, 5) is 16.8. The van der Waals surface area contributed by atoms with Gasteiger partial charge in [0, 0.05) is 10.6 Å². The van der Waals surface area contributed by atoms with Crippen molar-refractivity contribution in [3.05, 3.63) is 52.2 Å². The molecule has 3 rings (SSSR count). The van der Waals surface area contributed by atoms with Crippen molar-refractivity contribution in [2.75, 3.05) is 5.32 Å². The number of benzene rings is 1. The van der Waals surface area contributed by atoms with Crippen molar-refractivity contribution in [1.82, 2.24) is 4.98 Å². The Labute approximate surface area is 148 Å². The highest BCUT2D eigenvalue weighted by Gasteiger charge is 2.30. The number of carboxylic acids is 1. The van der Waals surface area contributed by atoms with Crippen molar-refractivity contribution >= 4 is 39.5 Å². The molecule has 1 aromatic carbocycles. The van der Waals surface area contributed by atoms with Gasteiger partial charge in [0.15, 0.2) is 5.13 Å². The van der Waals surface area contributed by atoms with E-state index in [-0.39, 0.29) is 12.1 Å². The van der Waals surface area contributed by atoms with Gasteiger partial charge in [0.2, 0.25) is 0 Å². The lowest BCUT2D eigenvalue weighted by molar-refractivity contribution is -0.138. The lowest BCUT2D eigenvalue weighted by Crippen LogP contribution is -2.05. The fourth-order valence-corrected chi connectivity index (χ4v) is 3.96. The maximum Gasteiger partial charge on any atom is 0.416 e. The van der Waals surface area contributed by atoms with Crippen LogP contribution < -0.4 is 5.32 Å². The van der Waals surface area contributed by atoms with Crippen LogP contribution in [-0.2, 0) is 17.4 Å². The SMILES string of the molecule is O=C(O)Cc1sc(Nc2cccc(C(F)(F)F)c2)nc1-c1cccs1. The maximum atomic E-state index is 12.8. The van der Waals surface area contributed by atoms with Gasteiger partial charge in [-0.2, -0.15) is 13.2 Å². The molecule has 2 heterocycles. The number of alkyl halides is 3. The molecule has 0 amide bonds. The molecule has 25 heavy (non-hydrogen) atoms. The summed E-state index contributed by atoms with van der Waals surface area (Å²) < 4.78 is 38.4. The molecule has 0 aliphatic heterocycles. The van der Waals surface area contributed by atoms with E-state index in [0.29, 0.717) is 15.7 Å². The second-order valence-electron chi connectivity index (χ2n) is 5.04. The fourth-order valence-electron chi connectivity index (χ4n) is 2.16. The molecule has 0 spiro atoms. The quantitative estimate of drug-likeness (QED) is 0.630. The molecule has 0 fully saturated rings. The number of anilines is 2. The molecule has 0 aliphatic rings. The number of thiophene rings is 1. The Morgan fingerprint density at radius 1 is 1.24 bits per heavy atom. The van der Waals surface area contributed by atoms with Crippen molar-refractivity contribution in [2.45, 2.75) is 12.6 Å². The van der Waals surface area contributed by atoms with Crippen molar-refractivity contribution in [1.29, 1.82) is 0 Å². The molecule has 0 bridgehead atoms. The van der Waals surface area contributed by atoms with Crippen LogP contribution in [0.5, 0.6) is 0 Å². The molecule has 0 saturated carbocycles. The van der Waals surface area contributed by atoms with E-state index in [2.05, 4.69) is 10.3 Å². The zero-order valence-corrected chi connectivity index (χ0v) is 14.1. The summed E-state index contributed by atoms with van der Waals surface area (Å²) in [7, 11) is 0. The molecule has 2 aromatic heterocycles. The van der Waals surface area contributed by atoms with Gasteiger partial charge >= 0.3 is 12.1 Å². The average Bonchev–Trinajstić information content (AvgIpc) is 3.16. The zero-order chi connectivity index (χ0) is 18.0. The molecule has 0 aliphatic carbocycles. The average molecular weight is 384 g/mol. The van der Waals surface area contributed by atoms with Crippen molar-refractivity contribution < 1.29 is 23.1 Å². The molecular formula is C16H11F3N2O2S2. The minimum atomic E-state index is -4.43. The molecule has 130 valence electrons. The van der Waals surface area contributed by atoms with Crippen molar-refractivity contribution in [3.8, 4) is 10.6 Å². The van der Waals surface area contributed by atoms with Crippen LogP contribution >= 0.6 is 22.7 Å². The molecule has 9 heteroatoms. The smallest absolute Gasteiger partial charge is 0.416 e. The van der Waals surface area contributed by atoms with Crippen LogP contribution in [0.1, 0.15) is 10.4 Å². The highest BCUT2D eigenvalue weighted by Crippen LogP contribution is 2.36. The highest BCUT2D eigenvalue weighted by atomic mass is 32.1. The number of hydrogen-bond acceptors (Lipinski definition) is 5. The molecule has 4 nitrogen and oxygen atoms in total. The Morgan fingerprint density at radius 3 is 2.68 bits per heavy atom. The van der Waals surface area contributed by atoms with Crippen LogP contribution in [0.15, 0.2) is 41.8 Å². The Balaban J connectivity index is 1.92. The van der Waals surface area contributed by atoms with Crippen molar-refractivity contribution in [3.63, 3.8) is 0 Å². The van der Waals surface area contributed by atoms with Crippen LogP contribution in [0, 0.1) is 0 Å². The third-order valence-electron chi connectivity index (χ3n) is 3.20. The molecule has 0 radical (unpaired) electrons. The molecular weight excluding hydrogens is 373 g/mol. The lowest BCUT2D eigenvalue weighted by atomic mass is 10.2. The fraction of sp³-hybridized carbons (Fsp3) is 0.125. The monoisotopic (exact) mass is 384 g/mol. The number of carboxylic acid groups (broad SMARTS) is 1. The number of hydrogen-bond donors (Lipinski definition) is 2. The normalized spacial score (nSPS) is 11.5. The summed E-state index contributed by atoms with van der Waals surface area (Å²) in [6.45, 7) is 0. The van der Waals surface area contributed by atoms with Crippen LogP contribution in [0.25, 0.3) is 10.6 Å². The zero-order valence-electron chi connectivity index (χ0n) is 12.5. The largest absolute Gasteiger partial charge is 0.481 e. The Hall–Kier alpha value is -2.39. The molecule has 0 atom stereocenters. The van der Waals surface area contributed by atoms with Gasteiger partial charge in [-0.3, -0.25) is 4.79 Å². The van der Waals surface area contributed by atoms with Crippen LogP contribution in [0.2, 0.25) is 0 Å². The van der Waals surface area contributed by atoms with Crippen molar-refractivity contribution in [2.24, 2.45) is 0 Å². The van der Waals surface area contributed by atoms with Crippen LogP contribution in [-0.4, -0.2) is 16.1 Å². The van der Waals surface area contributed by atoms with E-state index in [9.17, 15) is 18.0 Å².